The van der Waals surface area contributed by atoms with Gasteiger partial charge in [0.25, 0.3) is 0 Å². The predicted molar refractivity (Wildman–Crippen MR) is 118 cm³/mol. The fraction of sp³-hybridized carbons (Fsp3) is 0.478. The minimum Gasteiger partial charge on any atom is -0.496 e. The Morgan fingerprint density at radius 2 is 1.90 bits per heavy atom. The second-order valence-electron chi connectivity index (χ2n) is 8.64. The lowest BCUT2D eigenvalue weighted by Gasteiger charge is -2.34. The highest BCUT2D eigenvalue weighted by Gasteiger charge is 2.55. The van der Waals surface area contributed by atoms with Crippen molar-refractivity contribution in [2.24, 2.45) is 0 Å². The zero-order chi connectivity index (χ0) is 20.3. The van der Waals surface area contributed by atoms with Crippen molar-refractivity contribution >= 4 is 23.1 Å². The summed E-state index contributed by atoms with van der Waals surface area (Å²) in [5.41, 5.74) is 4.70. The van der Waals surface area contributed by atoms with Crippen LogP contribution in [-0.4, -0.2) is 40.6 Å². The smallest absolute Gasteiger partial charge is 0.236 e. The van der Waals surface area contributed by atoms with Crippen LogP contribution in [0.25, 0.3) is 16.9 Å². The van der Waals surface area contributed by atoms with E-state index in [2.05, 4.69) is 24.6 Å². The molecule has 2 fully saturated rings. The molecule has 152 valence electrons. The van der Waals surface area contributed by atoms with Crippen molar-refractivity contribution in [1.29, 1.82) is 0 Å². The predicted octanol–water partition coefficient (Wildman–Crippen LogP) is 5.19. The van der Waals surface area contributed by atoms with E-state index in [0.29, 0.717) is 17.1 Å². The van der Waals surface area contributed by atoms with Gasteiger partial charge in [0.15, 0.2) is 5.65 Å². The van der Waals surface area contributed by atoms with Gasteiger partial charge in [-0.05, 0) is 31.0 Å². The summed E-state index contributed by atoms with van der Waals surface area (Å²) in [4.78, 5) is 9.82. The van der Waals surface area contributed by atoms with E-state index in [-0.39, 0.29) is 0 Å². The van der Waals surface area contributed by atoms with E-state index in [4.69, 9.17) is 26.3 Å². The van der Waals surface area contributed by atoms with Crippen LogP contribution in [0.3, 0.4) is 0 Å². The summed E-state index contributed by atoms with van der Waals surface area (Å²) in [5.74, 6) is 2.07. The van der Waals surface area contributed by atoms with Crippen molar-refractivity contribution in [3.8, 4) is 17.0 Å². The summed E-state index contributed by atoms with van der Waals surface area (Å²) >= 11 is 6.68. The normalized spacial score (nSPS) is 17.1. The van der Waals surface area contributed by atoms with Gasteiger partial charge in [-0.25, -0.2) is 4.98 Å². The molecule has 3 aromatic rings. The SMILES string of the molecule is CCc1nc2c(-c3c(Cl)cc(C)cc3OC)nccn2c1[N+](C)(C1CC1)C1CC1. The molecule has 2 aromatic heterocycles. The Kier molecular flexibility index (Phi) is 4.37. The Bertz CT molecular complexity index is 1090. The summed E-state index contributed by atoms with van der Waals surface area (Å²) in [7, 11) is 4.09. The van der Waals surface area contributed by atoms with E-state index < -0.39 is 0 Å². The van der Waals surface area contributed by atoms with E-state index in [0.717, 1.165) is 39.1 Å². The second-order valence-corrected chi connectivity index (χ2v) is 9.05. The number of ether oxygens (including phenoxy) is 1. The van der Waals surface area contributed by atoms with Crippen molar-refractivity contribution in [2.45, 2.75) is 58.0 Å². The molecule has 0 unspecified atom stereocenters. The van der Waals surface area contributed by atoms with Gasteiger partial charge in [0.05, 0.1) is 36.8 Å². The molecule has 29 heavy (non-hydrogen) atoms. The molecule has 0 radical (unpaired) electrons. The maximum atomic E-state index is 6.68. The minimum atomic E-state index is 0.645. The Hall–Kier alpha value is -2.11. The quantitative estimate of drug-likeness (QED) is 0.524. The number of aromatic nitrogens is 3. The van der Waals surface area contributed by atoms with Crippen LogP contribution in [0.15, 0.2) is 24.5 Å². The lowest BCUT2D eigenvalue weighted by Crippen LogP contribution is -2.50. The number of quaternary nitrogens is 1. The Morgan fingerprint density at radius 1 is 1.21 bits per heavy atom. The van der Waals surface area contributed by atoms with Crippen LogP contribution in [0.2, 0.25) is 5.02 Å². The number of nitrogens with zero attached hydrogens (tertiary/aromatic N) is 4. The Morgan fingerprint density at radius 3 is 2.48 bits per heavy atom. The molecule has 0 aliphatic heterocycles. The molecule has 0 spiro atoms. The van der Waals surface area contributed by atoms with Gasteiger partial charge in [-0.2, -0.15) is 0 Å². The zero-order valence-corrected chi connectivity index (χ0v) is 18.3. The number of fused-ring (bicyclic) bond motifs is 1. The largest absolute Gasteiger partial charge is 0.496 e. The molecule has 1 aromatic carbocycles. The first kappa shape index (κ1) is 18.9. The minimum absolute atomic E-state index is 0.645. The Labute approximate surface area is 176 Å². The third-order valence-corrected chi connectivity index (χ3v) is 6.94. The van der Waals surface area contributed by atoms with Gasteiger partial charge in [-0.15, -0.1) is 0 Å². The molecule has 5 rings (SSSR count). The number of rotatable bonds is 6. The average Bonchev–Trinajstić information content (AvgIpc) is 3.60. The lowest BCUT2D eigenvalue weighted by atomic mass is 10.1. The van der Waals surface area contributed by atoms with Gasteiger partial charge in [0.2, 0.25) is 5.82 Å². The van der Waals surface area contributed by atoms with Crippen molar-refractivity contribution in [3.63, 3.8) is 0 Å². The highest BCUT2D eigenvalue weighted by atomic mass is 35.5. The average molecular weight is 412 g/mol. The van der Waals surface area contributed by atoms with Crippen molar-refractivity contribution in [3.05, 3.63) is 40.8 Å². The van der Waals surface area contributed by atoms with Gasteiger partial charge in [-0.3, -0.25) is 13.9 Å². The van der Waals surface area contributed by atoms with Gasteiger partial charge in [0.1, 0.15) is 17.1 Å². The summed E-state index contributed by atoms with van der Waals surface area (Å²) in [6.45, 7) is 4.21. The number of aryl methyl sites for hydroxylation is 2. The molecular formula is C23H28ClN4O+. The summed E-state index contributed by atoms with van der Waals surface area (Å²) in [5, 5.41) is 0.645. The van der Waals surface area contributed by atoms with E-state index in [1.54, 1.807) is 7.11 Å². The van der Waals surface area contributed by atoms with Crippen molar-refractivity contribution in [1.82, 2.24) is 18.9 Å². The summed E-state index contributed by atoms with van der Waals surface area (Å²) in [6, 6.07) is 5.39. The molecule has 0 bridgehead atoms. The maximum Gasteiger partial charge on any atom is 0.236 e. The summed E-state index contributed by atoms with van der Waals surface area (Å²) < 4.78 is 8.95. The molecule has 2 aliphatic rings. The standard InChI is InChI=1S/C23H28ClN4O/c1-5-18-23(28(3,15-6-7-15)16-8-9-16)27-11-10-25-21(22(27)26-18)20-17(24)12-14(2)13-19(20)29-4/h10-13,15-16H,5-9H2,1-4H3/q+1. The number of halogens is 1. The van der Waals surface area contributed by atoms with Crippen LogP contribution in [-0.2, 0) is 6.42 Å². The third kappa shape index (κ3) is 2.86. The van der Waals surface area contributed by atoms with Crippen molar-refractivity contribution in [2.75, 3.05) is 14.2 Å². The molecule has 0 amide bonds. The van der Waals surface area contributed by atoms with Crippen LogP contribution in [0.4, 0.5) is 5.82 Å². The fourth-order valence-corrected chi connectivity index (χ4v) is 5.26. The van der Waals surface area contributed by atoms with E-state index in [1.165, 1.54) is 37.2 Å². The number of imidazole rings is 1. The van der Waals surface area contributed by atoms with E-state index >= 15 is 0 Å². The highest BCUT2D eigenvalue weighted by Crippen LogP contribution is 2.49. The first-order valence-electron chi connectivity index (χ1n) is 10.6. The molecule has 2 saturated carbocycles. The van der Waals surface area contributed by atoms with Crippen LogP contribution in [0.1, 0.15) is 43.9 Å². The molecule has 5 nitrogen and oxygen atoms in total. The topological polar surface area (TPSA) is 39.4 Å². The van der Waals surface area contributed by atoms with Crippen LogP contribution in [0.5, 0.6) is 5.75 Å². The highest BCUT2D eigenvalue weighted by molar-refractivity contribution is 6.34. The number of hydrogen-bond acceptors (Lipinski definition) is 3. The first-order valence-corrected chi connectivity index (χ1v) is 10.9. The molecule has 0 N–H and O–H groups in total. The van der Waals surface area contributed by atoms with Gasteiger partial charge >= 0.3 is 0 Å². The molecular weight excluding hydrogens is 384 g/mol. The fourth-order valence-electron chi connectivity index (χ4n) is 4.90. The summed E-state index contributed by atoms with van der Waals surface area (Å²) in [6.07, 6.45) is 10.1. The molecule has 0 saturated heterocycles. The van der Waals surface area contributed by atoms with Gasteiger partial charge < -0.3 is 4.74 Å². The van der Waals surface area contributed by atoms with E-state index in [9.17, 15) is 0 Å². The molecule has 2 heterocycles. The van der Waals surface area contributed by atoms with Gasteiger partial charge in [-0.1, -0.05) is 18.5 Å². The van der Waals surface area contributed by atoms with Crippen LogP contribution in [0, 0.1) is 6.92 Å². The van der Waals surface area contributed by atoms with Crippen LogP contribution < -0.4 is 9.22 Å². The second kappa shape index (κ2) is 6.71. The molecule has 6 heteroatoms. The monoisotopic (exact) mass is 411 g/mol. The number of hydrogen-bond donors (Lipinski definition) is 0. The third-order valence-electron chi connectivity index (χ3n) is 6.64. The molecule has 0 atom stereocenters. The number of methoxy groups -OCH3 is 1. The van der Waals surface area contributed by atoms with Gasteiger partial charge in [0, 0.05) is 38.1 Å². The maximum absolute atomic E-state index is 6.68. The molecule has 2 aliphatic carbocycles. The Balaban J connectivity index is 1.79. The van der Waals surface area contributed by atoms with E-state index in [1.807, 2.05) is 25.3 Å². The number of benzene rings is 1. The van der Waals surface area contributed by atoms with Crippen LogP contribution >= 0.6 is 11.6 Å². The zero-order valence-electron chi connectivity index (χ0n) is 17.6. The lowest BCUT2D eigenvalue weighted by molar-refractivity contribution is 0.297. The van der Waals surface area contributed by atoms with Crippen molar-refractivity contribution < 1.29 is 4.74 Å². The first-order chi connectivity index (χ1) is 14.0.